The second-order valence-corrected chi connectivity index (χ2v) is 6.89. The van der Waals surface area contributed by atoms with E-state index in [0.717, 1.165) is 5.56 Å². The lowest BCUT2D eigenvalue weighted by Crippen LogP contribution is -2.28. The van der Waals surface area contributed by atoms with Gasteiger partial charge in [-0.15, -0.1) is 0 Å². The summed E-state index contributed by atoms with van der Waals surface area (Å²) in [4.78, 5) is 24.1. The number of rotatable bonds is 6. The molecule has 8 heteroatoms. The highest BCUT2D eigenvalue weighted by Gasteiger charge is 2.08. The quantitative estimate of drug-likeness (QED) is 0.654. The van der Waals surface area contributed by atoms with E-state index in [1.165, 1.54) is 28.9 Å². The molecule has 0 aliphatic carbocycles. The number of halogens is 3. The third-order valence-corrected chi connectivity index (χ3v) is 4.65. The average Bonchev–Trinajstić information content (AvgIpc) is 2.67. The standard InChI is InChI=1S/C20H16Cl2FN3O2/c21-15-4-1-13(2-5-15)18-7-8-20(28)26(25-18)10-9-19(27)24-12-14-3-6-16(23)11-17(14)22/h1-8,11H,9-10,12H2,(H,24,27). The molecule has 0 saturated heterocycles. The van der Waals surface area contributed by atoms with Gasteiger partial charge in [-0.1, -0.05) is 41.4 Å². The van der Waals surface area contributed by atoms with Crippen LogP contribution in [0.25, 0.3) is 11.3 Å². The Morgan fingerprint density at radius 2 is 1.82 bits per heavy atom. The van der Waals surface area contributed by atoms with Crippen molar-refractivity contribution in [2.45, 2.75) is 19.5 Å². The predicted octanol–water partition coefficient (Wildman–Crippen LogP) is 4.06. The zero-order valence-electron chi connectivity index (χ0n) is 14.7. The average molecular weight is 420 g/mol. The zero-order chi connectivity index (χ0) is 20.1. The molecular formula is C20H16Cl2FN3O2. The van der Waals surface area contributed by atoms with Gasteiger partial charge in [0.25, 0.3) is 5.56 Å². The minimum absolute atomic E-state index is 0.0653. The van der Waals surface area contributed by atoms with Crippen LogP contribution in [-0.2, 0) is 17.9 Å². The van der Waals surface area contributed by atoms with Crippen molar-refractivity contribution in [3.63, 3.8) is 0 Å². The minimum Gasteiger partial charge on any atom is -0.352 e. The highest BCUT2D eigenvalue weighted by Crippen LogP contribution is 2.19. The molecule has 0 aliphatic heterocycles. The smallest absolute Gasteiger partial charge is 0.266 e. The van der Waals surface area contributed by atoms with E-state index in [0.29, 0.717) is 16.3 Å². The number of aryl methyl sites for hydroxylation is 1. The van der Waals surface area contributed by atoms with E-state index in [-0.39, 0.29) is 36.0 Å². The number of hydrogen-bond donors (Lipinski definition) is 1. The number of nitrogens with zero attached hydrogens (tertiary/aromatic N) is 2. The van der Waals surface area contributed by atoms with Gasteiger partial charge in [0.05, 0.1) is 12.2 Å². The second-order valence-electron chi connectivity index (χ2n) is 6.05. The van der Waals surface area contributed by atoms with E-state index in [4.69, 9.17) is 23.2 Å². The summed E-state index contributed by atoms with van der Waals surface area (Å²) in [6.45, 7) is 0.300. The van der Waals surface area contributed by atoms with Crippen molar-refractivity contribution in [2.24, 2.45) is 0 Å². The zero-order valence-corrected chi connectivity index (χ0v) is 16.2. The fraction of sp³-hybridized carbons (Fsp3) is 0.150. The Bertz CT molecular complexity index is 1050. The van der Waals surface area contributed by atoms with Crippen molar-refractivity contribution in [3.8, 4) is 11.3 Å². The fourth-order valence-corrected chi connectivity index (χ4v) is 2.90. The molecular weight excluding hydrogens is 404 g/mol. The van der Waals surface area contributed by atoms with Crippen molar-refractivity contribution < 1.29 is 9.18 Å². The van der Waals surface area contributed by atoms with Gasteiger partial charge in [0, 0.05) is 34.6 Å². The maximum Gasteiger partial charge on any atom is 0.266 e. The molecule has 3 aromatic rings. The van der Waals surface area contributed by atoms with Crippen LogP contribution < -0.4 is 10.9 Å². The number of benzene rings is 2. The number of amides is 1. The summed E-state index contributed by atoms with van der Waals surface area (Å²) in [5.41, 5.74) is 1.73. The van der Waals surface area contributed by atoms with Gasteiger partial charge in [-0.25, -0.2) is 9.07 Å². The summed E-state index contributed by atoms with van der Waals surface area (Å²) in [6.07, 6.45) is 0.0653. The molecule has 144 valence electrons. The Morgan fingerprint density at radius 1 is 1.07 bits per heavy atom. The molecule has 1 aromatic heterocycles. The SMILES string of the molecule is O=C(CCn1nc(-c2ccc(Cl)cc2)ccc1=O)NCc1ccc(F)cc1Cl. The monoisotopic (exact) mass is 419 g/mol. The first-order chi connectivity index (χ1) is 13.4. The van der Waals surface area contributed by atoms with Gasteiger partial charge >= 0.3 is 0 Å². The van der Waals surface area contributed by atoms with Gasteiger partial charge in [0.2, 0.25) is 5.91 Å². The molecule has 0 aliphatic rings. The Hall–Kier alpha value is -2.70. The fourth-order valence-electron chi connectivity index (χ4n) is 2.54. The summed E-state index contributed by atoms with van der Waals surface area (Å²) in [5, 5.41) is 7.85. The van der Waals surface area contributed by atoms with Crippen molar-refractivity contribution in [1.82, 2.24) is 15.1 Å². The van der Waals surface area contributed by atoms with Crippen LogP contribution in [0.4, 0.5) is 4.39 Å². The van der Waals surface area contributed by atoms with Crippen molar-refractivity contribution in [3.05, 3.63) is 86.4 Å². The van der Waals surface area contributed by atoms with Crippen LogP contribution in [-0.4, -0.2) is 15.7 Å². The summed E-state index contributed by atoms with van der Waals surface area (Å²) >= 11 is 11.8. The highest BCUT2D eigenvalue weighted by molar-refractivity contribution is 6.31. The lowest BCUT2D eigenvalue weighted by atomic mass is 10.1. The number of carbonyl (C=O) groups excluding carboxylic acids is 1. The van der Waals surface area contributed by atoms with Crippen LogP contribution in [0.3, 0.4) is 0 Å². The van der Waals surface area contributed by atoms with E-state index in [9.17, 15) is 14.0 Å². The predicted molar refractivity (Wildman–Crippen MR) is 107 cm³/mol. The number of hydrogen-bond acceptors (Lipinski definition) is 3. The van der Waals surface area contributed by atoms with Crippen LogP contribution in [0.5, 0.6) is 0 Å². The van der Waals surface area contributed by atoms with E-state index < -0.39 is 5.82 Å². The molecule has 2 aromatic carbocycles. The van der Waals surface area contributed by atoms with E-state index >= 15 is 0 Å². The summed E-state index contributed by atoms with van der Waals surface area (Å²) in [6, 6.07) is 14.1. The van der Waals surface area contributed by atoms with Gasteiger partial charge in [-0.3, -0.25) is 9.59 Å². The van der Waals surface area contributed by atoms with Gasteiger partial charge in [-0.2, -0.15) is 5.10 Å². The van der Waals surface area contributed by atoms with Crippen LogP contribution in [0.1, 0.15) is 12.0 Å². The Labute approximate surface area is 170 Å². The molecule has 1 amide bonds. The number of carbonyl (C=O) groups is 1. The molecule has 1 N–H and O–H groups in total. The third kappa shape index (κ3) is 5.18. The molecule has 0 spiro atoms. The maximum atomic E-state index is 13.0. The van der Waals surface area contributed by atoms with Crippen molar-refractivity contribution in [2.75, 3.05) is 0 Å². The lowest BCUT2D eigenvalue weighted by Gasteiger charge is -2.09. The number of nitrogens with one attached hydrogen (secondary N) is 1. The van der Waals surface area contributed by atoms with Gasteiger partial charge in [0.1, 0.15) is 5.82 Å². The summed E-state index contributed by atoms with van der Waals surface area (Å²) < 4.78 is 14.3. The summed E-state index contributed by atoms with van der Waals surface area (Å²) in [7, 11) is 0. The maximum absolute atomic E-state index is 13.0. The molecule has 0 radical (unpaired) electrons. The molecule has 0 bridgehead atoms. The normalized spacial score (nSPS) is 10.7. The molecule has 0 saturated carbocycles. The van der Waals surface area contributed by atoms with Crippen LogP contribution in [0.2, 0.25) is 10.0 Å². The molecule has 0 fully saturated rings. The van der Waals surface area contributed by atoms with E-state index in [1.807, 2.05) is 0 Å². The van der Waals surface area contributed by atoms with Crippen molar-refractivity contribution in [1.29, 1.82) is 0 Å². The number of aromatic nitrogens is 2. The molecule has 1 heterocycles. The first-order valence-corrected chi connectivity index (χ1v) is 9.23. The third-order valence-electron chi connectivity index (χ3n) is 4.05. The van der Waals surface area contributed by atoms with E-state index in [2.05, 4.69) is 10.4 Å². The molecule has 0 unspecified atom stereocenters. The Balaban J connectivity index is 1.62. The molecule has 3 rings (SSSR count). The second kappa shape index (κ2) is 8.99. The first-order valence-electron chi connectivity index (χ1n) is 8.47. The molecule has 28 heavy (non-hydrogen) atoms. The van der Waals surface area contributed by atoms with Crippen LogP contribution >= 0.6 is 23.2 Å². The summed E-state index contributed by atoms with van der Waals surface area (Å²) in [5.74, 6) is -0.711. The largest absolute Gasteiger partial charge is 0.352 e. The van der Waals surface area contributed by atoms with Gasteiger partial charge in [0.15, 0.2) is 0 Å². The molecule has 5 nitrogen and oxygen atoms in total. The lowest BCUT2D eigenvalue weighted by molar-refractivity contribution is -0.121. The Morgan fingerprint density at radius 3 is 2.54 bits per heavy atom. The van der Waals surface area contributed by atoms with Crippen molar-refractivity contribution >= 4 is 29.1 Å². The topological polar surface area (TPSA) is 64.0 Å². The first kappa shape index (κ1) is 20.0. The van der Waals surface area contributed by atoms with Crippen LogP contribution in [0.15, 0.2) is 59.4 Å². The molecule has 0 atom stereocenters. The van der Waals surface area contributed by atoms with Crippen LogP contribution in [0, 0.1) is 5.82 Å². The van der Waals surface area contributed by atoms with Gasteiger partial charge < -0.3 is 5.32 Å². The Kier molecular flexibility index (Phi) is 6.44. The van der Waals surface area contributed by atoms with Gasteiger partial charge in [-0.05, 0) is 35.9 Å². The minimum atomic E-state index is -0.439. The highest BCUT2D eigenvalue weighted by atomic mass is 35.5. The van der Waals surface area contributed by atoms with E-state index in [1.54, 1.807) is 30.3 Å².